The van der Waals surface area contributed by atoms with Crippen LogP contribution in [0.4, 0.5) is 10.5 Å². The van der Waals surface area contributed by atoms with E-state index in [2.05, 4.69) is 38.0 Å². The zero-order valence-electron chi connectivity index (χ0n) is 23.7. The molecule has 0 bridgehead atoms. The van der Waals surface area contributed by atoms with Crippen LogP contribution in [0.5, 0.6) is 5.75 Å². The van der Waals surface area contributed by atoms with Gasteiger partial charge in [-0.2, -0.15) is 4.99 Å². The average molecular weight is 684 g/mol. The number of rotatable bonds is 12. The average Bonchev–Trinajstić information content (AvgIpc) is 2.91. The molecule has 13 heteroatoms. The van der Waals surface area contributed by atoms with Crippen LogP contribution >= 0.6 is 39.1 Å². The zero-order chi connectivity index (χ0) is 31.4. The lowest BCUT2D eigenvalue weighted by Gasteiger charge is -2.34. The maximum atomic E-state index is 13.3. The number of benzene rings is 2. The number of carbonyl (C=O) groups is 3. The van der Waals surface area contributed by atoms with Crippen molar-refractivity contribution >= 4 is 74.3 Å². The van der Waals surface area contributed by atoms with Crippen LogP contribution in [-0.4, -0.2) is 63.5 Å². The standard InChI is InChI=1S/C29H33BrCl2N4O6/c1-6-12-41-20-10-8-19(9-11-20)23(35-42-7-2)16-25(37)33-24(36(28(39)40)29(3,4)5)15-18-13-21(31)27(22(32)14-18)34-26(38)17-30/h6,8-11,13-14H,1,7,12,15-17H2,2-5H3,(H,34,38)(H,39,40). The fraction of sp³-hybridized carbons (Fsp3) is 0.345. The predicted octanol–water partition coefficient (Wildman–Crippen LogP) is 6.97. The van der Waals surface area contributed by atoms with Crippen molar-refractivity contribution in [1.82, 2.24) is 4.90 Å². The fourth-order valence-electron chi connectivity index (χ4n) is 3.71. The van der Waals surface area contributed by atoms with Gasteiger partial charge >= 0.3 is 6.09 Å². The van der Waals surface area contributed by atoms with Gasteiger partial charge in [0.2, 0.25) is 5.91 Å². The zero-order valence-corrected chi connectivity index (χ0v) is 26.8. The summed E-state index contributed by atoms with van der Waals surface area (Å²) in [5.41, 5.74) is 0.638. The predicted molar refractivity (Wildman–Crippen MR) is 170 cm³/mol. The molecule has 0 heterocycles. The number of amides is 3. The molecular weight excluding hydrogens is 651 g/mol. The lowest BCUT2D eigenvalue weighted by molar-refractivity contribution is -0.116. The molecule has 226 valence electrons. The van der Waals surface area contributed by atoms with Crippen molar-refractivity contribution in [2.24, 2.45) is 10.1 Å². The van der Waals surface area contributed by atoms with Crippen molar-refractivity contribution in [2.75, 3.05) is 23.9 Å². The molecule has 0 aromatic heterocycles. The quantitative estimate of drug-likeness (QED) is 0.0817. The first-order valence-electron chi connectivity index (χ1n) is 12.8. The molecule has 0 unspecified atom stereocenters. The summed E-state index contributed by atoms with van der Waals surface area (Å²) in [7, 11) is 0. The van der Waals surface area contributed by atoms with Gasteiger partial charge < -0.3 is 20.0 Å². The van der Waals surface area contributed by atoms with Gasteiger partial charge in [-0.05, 0) is 69.7 Å². The van der Waals surface area contributed by atoms with E-state index in [0.29, 0.717) is 29.2 Å². The Hall–Kier alpha value is -3.41. The SMILES string of the molecule is C=CCOc1ccc(C(CC(=O)N=C(Cc2cc(Cl)c(NC(=O)CBr)c(Cl)c2)N(C(=O)O)C(C)(C)C)=NOCC)cc1. The normalized spacial score (nSPS) is 12.0. The molecular formula is C29H33BrCl2N4O6. The molecule has 0 spiro atoms. The van der Waals surface area contributed by atoms with Gasteiger partial charge in [-0.1, -0.05) is 56.9 Å². The van der Waals surface area contributed by atoms with E-state index in [0.717, 1.165) is 4.90 Å². The van der Waals surface area contributed by atoms with Crippen molar-refractivity contribution in [3.8, 4) is 5.75 Å². The Morgan fingerprint density at radius 1 is 1.14 bits per heavy atom. The van der Waals surface area contributed by atoms with Crippen LogP contribution in [0.3, 0.4) is 0 Å². The number of oxime groups is 1. The van der Waals surface area contributed by atoms with Crippen molar-refractivity contribution in [3.63, 3.8) is 0 Å². The number of ether oxygens (including phenoxy) is 1. The van der Waals surface area contributed by atoms with E-state index >= 15 is 0 Å². The van der Waals surface area contributed by atoms with E-state index in [1.807, 2.05) is 0 Å². The molecule has 0 atom stereocenters. The Bertz CT molecular complexity index is 1330. The van der Waals surface area contributed by atoms with E-state index in [1.165, 1.54) is 12.1 Å². The number of alkyl halides is 1. The van der Waals surface area contributed by atoms with Gasteiger partial charge in [0.25, 0.3) is 5.91 Å². The largest absolute Gasteiger partial charge is 0.490 e. The third-order valence-corrected chi connectivity index (χ3v) is 6.51. The molecule has 2 aromatic rings. The smallest absolute Gasteiger partial charge is 0.413 e. The van der Waals surface area contributed by atoms with Crippen LogP contribution in [0, 0.1) is 0 Å². The van der Waals surface area contributed by atoms with Gasteiger partial charge in [0, 0.05) is 17.5 Å². The monoisotopic (exact) mass is 682 g/mol. The first-order chi connectivity index (χ1) is 19.8. The van der Waals surface area contributed by atoms with Crippen molar-refractivity contribution in [3.05, 3.63) is 70.2 Å². The summed E-state index contributed by atoms with van der Waals surface area (Å²) >= 11 is 15.8. The number of carboxylic acid groups (broad SMARTS) is 1. The molecule has 10 nitrogen and oxygen atoms in total. The number of amidine groups is 1. The lowest BCUT2D eigenvalue weighted by Crippen LogP contribution is -2.49. The van der Waals surface area contributed by atoms with Crippen LogP contribution in [-0.2, 0) is 20.8 Å². The van der Waals surface area contributed by atoms with Crippen molar-refractivity contribution in [1.29, 1.82) is 0 Å². The van der Waals surface area contributed by atoms with Crippen LogP contribution in [0.15, 0.2) is 59.2 Å². The Balaban J connectivity index is 2.48. The maximum Gasteiger partial charge on any atom is 0.413 e. The maximum absolute atomic E-state index is 13.3. The number of anilines is 1. The third kappa shape index (κ3) is 10.5. The first-order valence-corrected chi connectivity index (χ1v) is 14.7. The molecule has 0 saturated carbocycles. The van der Waals surface area contributed by atoms with Gasteiger partial charge in [-0.15, -0.1) is 0 Å². The number of nitrogens with zero attached hydrogens (tertiary/aromatic N) is 3. The summed E-state index contributed by atoms with van der Waals surface area (Å²) < 4.78 is 5.51. The van der Waals surface area contributed by atoms with E-state index in [1.54, 1.807) is 58.0 Å². The summed E-state index contributed by atoms with van der Waals surface area (Å²) in [5.74, 6) is -0.441. The van der Waals surface area contributed by atoms with Gasteiger partial charge in [-0.25, -0.2) is 4.79 Å². The number of carbonyl (C=O) groups excluding carboxylic acids is 2. The number of hydrogen-bond acceptors (Lipinski definition) is 6. The van der Waals surface area contributed by atoms with E-state index in [4.69, 9.17) is 32.8 Å². The second kappa shape index (κ2) is 16.3. The topological polar surface area (TPSA) is 130 Å². The van der Waals surface area contributed by atoms with Crippen LogP contribution < -0.4 is 10.1 Å². The molecule has 0 saturated heterocycles. The van der Waals surface area contributed by atoms with Crippen LogP contribution in [0.25, 0.3) is 0 Å². The Morgan fingerprint density at radius 3 is 2.26 bits per heavy atom. The summed E-state index contributed by atoms with van der Waals surface area (Å²) in [5, 5.41) is 17.1. The molecule has 3 amide bonds. The minimum absolute atomic E-state index is 0.0430. The van der Waals surface area contributed by atoms with E-state index < -0.39 is 17.5 Å². The highest BCUT2D eigenvalue weighted by atomic mass is 79.9. The first kappa shape index (κ1) is 34.8. The summed E-state index contributed by atoms with van der Waals surface area (Å²) in [6, 6.07) is 9.96. The Labute approximate surface area is 263 Å². The lowest BCUT2D eigenvalue weighted by atomic mass is 10.0. The minimum Gasteiger partial charge on any atom is -0.490 e. The summed E-state index contributed by atoms with van der Waals surface area (Å²) in [6.45, 7) is 11.0. The summed E-state index contributed by atoms with van der Waals surface area (Å²) in [4.78, 5) is 48.0. The number of halogens is 3. The van der Waals surface area contributed by atoms with Gasteiger partial charge in [0.15, 0.2) is 0 Å². The van der Waals surface area contributed by atoms with Crippen LogP contribution in [0.2, 0.25) is 10.0 Å². The molecule has 2 rings (SSSR count). The third-order valence-electron chi connectivity index (χ3n) is 5.40. The van der Waals surface area contributed by atoms with Gasteiger partial charge in [0.1, 0.15) is 24.8 Å². The molecule has 42 heavy (non-hydrogen) atoms. The molecule has 0 aliphatic carbocycles. The molecule has 2 aromatic carbocycles. The molecule has 2 N–H and O–H groups in total. The van der Waals surface area contributed by atoms with Gasteiger partial charge in [0.05, 0.1) is 33.2 Å². The highest BCUT2D eigenvalue weighted by Crippen LogP contribution is 2.33. The highest BCUT2D eigenvalue weighted by molar-refractivity contribution is 9.09. The van der Waals surface area contributed by atoms with Crippen molar-refractivity contribution < 1.29 is 29.1 Å². The van der Waals surface area contributed by atoms with E-state index in [-0.39, 0.29) is 52.3 Å². The fourth-order valence-corrected chi connectivity index (χ4v) is 4.48. The molecule has 0 aliphatic rings. The summed E-state index contributed by atoms with van der Waals surface area (Å²) in [6.07, 6.45) is -0.0476. The van der Waals surface area contributed by atoms with Crippen molar-refractivity contribution in [2.45, 2.75) is 46.1 Å². The van der Waals surface area contributed by atoms with Gasteiger partial charge in [-0.3, -0.25) is 14.5 Å². The second-order valence-corrected chi connectivity index (χ2v) is 11.1. The van der Waals surface area contributed by atoms with E-state index in [9.17, 15) is 19.5 Å². The minimum atomic E-state index is -1.30. The Kier molecular flexibility index (Phi) is 13.5. The second-order valence-electron chi connectivity index (χ2n) is 9.76. The molecule has 0 radical (unpaired) electrons. The van der Waals surface area contributed by atoms with Crippen LogP contribution in [0.1, 0.15) is 45.2 Å². The molecule has 0 fully saturated rings. The number of hydrogen-bond donors (Lipinski definition) is 2. The number of aliphatic imine (C=N–C) groups is 1. The molecule has 0 aliphatic heterocycles. The Morgan fingerprint density at radius 2 is 1.76 bits per heavy atom. The highest BCUT2D eigenvalue weighted by Gasteiger charge is 2.32. The number of nitrogens with one attached hydrogen (secondary N) is 1.